The van der Waals surface area contributed by atoms with Crippen molar-refractivity contribution < 1.29 is 14.3 Å². The normalized spacial score (nSPS) is 11.1. The SMILES string of the molecule is CCN(CCNC(=O)CCn1cncn1)C(=O)OC(C)(C)C. The molecule has 8 nitrogen and oxygen atoms in total. The number of likely N-dealkylation sites (N-methyl/N-ethyl adjacent to an activating group) is 1. The van der Waals surface area contributed by atoms with Crippen LogP contribution >= 0.6 is 0 Å². The van der Waals surface area contributed by atoms with Crippen LogP contribution in [0.25, 0.3) is 0 Å². The highest BCUT2D eigenvalue weighted by Crippen LogP contribution is 2.09. The van der Waals surface area contributed by atoms with Crippen LogP contribution < -0.4 is 5.32 Å². The Kier molecular flexibility index (Phi) is 6.81. The standard InChI is InChI=1S/C14H25N5O3/c1-5-18(13(21)22-14(2,3)4)9-7-16-12(20)6-8-19-11-15-10-17-19/h10-11H,5-9H2,1-4H3,(H,16,20). The maximum atomic E-state index is 11.9. The van der Waals surface area contributed by atoms with Crippen molar-refractivity contribution in [3.05, 3.63) is 12.7 Å². The summed E-state index contributed by atoms with van der Waals surface area (Å²) in [5.74, 6) is -0.0873. The molecule has 2 amide bonds. The minimum Gasteiger partial charge on any atom is -0.444 e. The summed E-state index contributed by atoms with van der Waals surface area (Å²) in [5.41, 5.74) is -0.522. The van der Waals surface area contributed by atoms with Crippen LogP contribution in [0.4, 0.5) is 4.79 Å². The van der Waals surface area contributed by atoms with E-state index < -0.39 is 5.60 Å². The number of hydrogen-bond donors (Lipinski definition) is 1. The number of carbonyl (C=O) groups is 2. The summed E-state index contributed by atoms with van der Waals surface area (Å²) in [6.45, 7) is 9.17. The molecule has 0 bridgehead atoms. The fraction of sp³-hybridized carbons (Fsp3) is 0.714. The Hall–Kier alpha value is -2.12. The molecule has 1 heterocycles. The van der Waals surface area contributed by atoms with Gasteiger partial charge in [0, 0.05) is 26.1 Å². The molecular formula is C14H25N5O3. The van der Waals surface area contributed by atoms with Gasteiger partial charge in [0.1, 0.15) is 18.3 Å². The minimum absolute atomic E-state index is 0.0873. The summed E-state index contributed by atoms with van der Waals surface area (Å²) in [5, 5.41) is 6.70. The molecule has 0 radical (unpaired) electrons. The Labute approximate surface area is 130 Å². The number of aromatic nitrogens is 3. The van der Waals surface area contributed by atoms with Crippen LogP contribution in [0.2, 0.25) is 0 Å². The quantitative estimate of drug-likeness (QED) is 0.812. The zero-order valence-corrected chi connectivity index (χ0v) is 13.7. The van der Waals surface area contributed by atoms with Crippen LogP contribution in [0.1, 0.15) is 34.1 Å². The van der Waals surface area contributed by atoms with Crippen molar-refractivity contribution in [2.45, 2.75) is 46.3 Å². The van der Waals surface area contributed by atoms with Crippen LogP contribution in [0, 0.1) is 0 Å². The average Bonchev–Trinajstić information content (AvgIpc) is 2.92. The van der Waals surface area contributed by atoms with E-state index in [-0.39, 0.29) is 12.0 Å². The second-order valence-electron chi connectivity index (χ2n) is 5.82. The van der Waals surface area contributed by atoms with E-state index >= 15 is 0 Å². The first kappa shape index (κ1) is 17.9. The predicted octanol–water partition coefficient (Wildman–Crippen LogP) is 1.04. The summed E-state index contributed by atoms with van der Waals surface area (Å²) >= 11 is 0. The van der Waals surface area contributed by atoms with Crippen LogP contribution in [-0.4, -0.2) is 56.9 Å². The number of carbonyl (C=O) groups excluding carboxylic acids is 2. The van der Waals surface area contributed by atoms with Crippen LogP contribution in [0.3, 0.4) is 0 Å². The fourth-order valence-electron chi connectivity index (χ4n) is 1.69. The molecule has 1 N–H and O–H groups in total. The maximum Gasteiger partial charge on any atom is 0.410 e. The molecule has 1 aromatic rings. The van der Waals surface area contributed by atoms with Gasteiger partial charge in [0.05, 0.1) is 6.54 Å². The molecule has 1 rings (SSSR count). The molecule has 0 aromatic carbocycles. The van der Waals surface area contributed by atoms with E-state index in [1.807, 2.05) is 27.7 Å². The van der Waals surface area contributed by atoms with Crippen molar-refractivity contribution in [3.63, 3.8) is 0 Å². The van der Waals surface area contributed by atoms with Gasteiger partial charge < -0.3 is 15.0 Å². The van der Waals surface area contributed by atoms with Crippen molar-refractivity contribution >= 4 is 12.0 Å². The second kappa shape index (κ2) is 8.35. The topological polar surface area (TPSA) is 89.4 Å². The van der Waals surface area contributed by atoms with E-state index in [4.69, 9.17) is 4.74 Å². The Morgan fingerprint density at radius 1 is 1.36 bits per heavy atom. The first-order valence-electron chi connectivity index (χ1n) is 7.39. The smallest absolute Gasteiger partial charge is 0.410 e. The first-order chi connectivity index (χ1) is 10.3. The molecular weight excluding hydrogens is 286 g/mol. The maximum absolute atomic E-state index is 11.9. The third-order valence-electron chi connectivity index (χ3n) is 2.77. The molecule has 0 aliphatic heterocycles. The lowest BCUT2D eigenvalue weighted by atomic mass is 10.2. The molecule has 1 aromatic heterocycles. The van der Waals surface area contributed by atoms with Gasteiger partial charge >= 0.3 is 6.09 Å². The van der Waals surface area contributed by atoms with Gasteiger partial charge in [-0.3, -0.25) is 9.48 Å². The number of hydrogen-bond acceptors (Lipinski definition) is 5. The third-order valence-corrected chi connectivity index (χ3v) is 2.77. The highest BCUT2D eigenvalue weighted by atomic mass is 16.6. The molecule has 0 spiro atoms. The lowest BCUT2D eigenvalue weighted by Crippen LogP contribution is -2.41. The largest absolute Gasteiger partial charge is 0.444 e. The minimum atomic E-state index is -0.522. The van der Waals surface area contributed by atoms with Gasteiger partial charge in [-0.2, -0.15) is 5.10 Å². The summed E-state index contributed by atoms with van der Waals surface area (Å²) in [4.78, 5) is 29.0. The van der Waals surface area contributed by atoms with Crippen molar-refractivity contribution in [2.24, 2.45) is 0 Å². The van der Waals surface area contributed by atoms with Gasteiger partial charge in [-0.1, -0.05) is 0 Å². The van der Waals surface area contributed by atoms with E-state index in [0.29, 0.717) is 32.6 Å². The van der Waals surface area contributed by atoms with Crippen molar-refractivity contribution in [2.75, 3.05) is 19.6 Å². The number of amides is 2. The average molecular weight is 311 g/mol. The highest BCUT2D eigenvalue weighted by molar-refractivity contribution is 5.75. The van der Waals surface area contributed by atoms with Gasteiger partial charge in [0.2, 0.25) is 5.91 Å². The summed E-state index contributed by atoms with van der Waals surface area (Å²) in [6.07, 6.45) is 2.95. The van der Waals surface area contributed by atoms with E-state index in [9.17, 15) is 9.59 Å². The van der Waals surface area contributed by atoms with E-state index in [2.05, 4.69) is 15.4 Å². The number of rotatable bonds is 7. The predicted molar refractivity (Wildman–Crippen MR) is 81.1 cm³/mol. The van der Waals surface area contributed by atoms with Gasteiger partial charge in [0.25, 0.3) is 0 Å². The van der Waals surface area contributed by atoms with Crippen LogP contribution in [0.15, 0.2) is 12.7 Å². The van der Waals surface area contributed by atoms with Crippen molar-refractivity contribution in [3.8, 4) is 0 Å². The van der Waals surface area contributed by atoms with E-state index in [1.165, 1.54) is 6.33 Å². The van der Waals surface area contributed by atoms with Crippen LogP contribution in [0.5, 0.6) is 0 Å². The molecule has 0 saturated carbocycles. The van der Waals surface area contributed by atoms with Crippen molar-refractivity contribution in [1.82, 2.24) is 25.0 Å². The monoisotopic (exact) mass is 311 g/mol. The molecule has 0 aliphatic carbocycles. The van der Waals surface area contributed by atoms with Gasteiger partial charge in [-0.15, -0.1) is 0 Å². The Morgan fingerprint density at radius 2 is 2.09 bits per heavy atom. The fourth-order valence-corrected chi connectivity index (χ4v) is 1.69. The lowest BCUT2D eigenvalue weighted by molar-refractivity contribution is -0.121. The number of nitrogens with zero attached hydrogens (tertiary/aromatic N) is 4. The number of aryl methyl sites for hydroxylation is 1. The Morgan fingerprint density at radius 3 is 2.64 bits per heavy atom. The molecule has 0 fully saturated rings. The summed E-state index contributed by atoms with van der Waals surface area (Å²) in [6, 6.07) is 0. The lowest BCUT2D eigenvalue weighted by Gasteiger charge is -2.26. The molecule has 0 aliphatic rings. The molecule has 124 valence electrons. The Bertz CT molecular complexity index is 467. The third kappa shape index (κ3) is 7.05. The van der Waals surface area contributed by atoms with Gasteiger partial charge in [0.15, 0.2) is 0 Å². The van der Waals surface area contributed by atoms with Crippen molar-refractivity contribution in [1.29, 1.82) is 0 Å². The Balaban J connectivity index is 2.25. The summed E-state index contributed by atoms with van der Waals surface area (Å²) < 4.78 is 6.90. The second-order valence-corrected chi connectivity index (χ2v) is 5.82. The molecule has 0 saturated heterocycles. The molecule has 8 heteroatoms. The number of nitrogens with one attached hydrogen (secondary N) is 1. The van der Waals surface area contributed by atoms with Gasteiger partial charge in [-0.05, 0) is 27.7 Å². The molecule has 22 heavy (non-hydrogen) atoms. The zero-order valence-electron chi connectivity index (χ0n) is 13.7. The highest BCUT2D eigenvalue weighted by Gasteiger charge is 2.20. The molecule has 0 unspecified atom stereocenters. The van der Waals surface area contributed by atoms with E-state index in [0.717, 1.165) is 0 Å². The summed E-state index contributed by atoms with van der Waals surface area (Å²) in [7, 11) is 0. The first-order valence-corrected chi connectivity index (χ1v) is 7.39. The van der Waals surface area contributed by atoms with E-state index in [1.54, 1.807) is 15.9 Å². The zero-order chi connectivity index (χ0) is 16.6. The van der Waals surface area contributed by atoms with Crippen LogP contribution in [-0.2, 0) is 16.1 Å². The number of ether oxygens (including phenoxy) is 1. The van der Waals surface area contributed by atoms with Gasteiger partial charge in [-0.25, -0.2) is 9.78 Å². The molecule has 0 atom stereocenters.